The van der Waals surface area contributed by atoms with E-state index in [4.69, 9.17) is 5.26 Å². The van der Waals surface area contributed by atoms with Gasteiger partial charge in [-0.1, -0.05) is 12.1 Å². The zero-order chi connectivity index (χ0) is 10.5. The number of rotatable bonds is 2. The molecule has 0 spiro atoms. The van der Waals surface area contributed by atoms with Gasteiger partial charge in [0.2, 0.25) is 0 Å². The van der Waals surface area contributed by atoms with Crippen molar-refractivity contribution < 1.29 is 4.57 Å². The van der Waals surface area contributed by atoms with E-state index in [9.17, 15) is 0 Å². The fourth-order valence-corrected chi connectivity index (χ4v) is 1.40. The molecule has 3 heteroatoms. The molecule has 0 fully saturated rings. The Labute approximate surface area is 88.3 Å². The molecule has 1 aromatic heterocycles. The van der Waals surface area contributed by atoms with Crippen molar-refractivity contribution in [1.82, 2.24) is 4.98 Å². The van der Waals surface area contributed by atoms with Crippen molar-refractivity contribution in [3.63, 3.8) is 0 Å². The molecule has 1 aromatic carbocycles. The summed E-state index contributed by atoms with van der Waals surface area (Å²) in [6.45, 7) is 0.762. The predicted octanol–water partition coefficient (Wildman–Crippen LogP) is 1.29. The lowest BCUT2D eigenvalue weighted by Crippen LogP contribution is -2.33. The third kappa shape index (κ3) is 2.38. The van der Waals surface area contributed by atoms with Gasteiger partial charge in [0.15, 0.2) is 18.9 Å². The smallest absolute Gasteiger partial charge is 0.187 e. The second-order valence-electron chi connectivity index (χ2n) is 3.23. The Morgan fingerprint density at radius 3 is 2.80 bits per heavy atom. The molecule has 0 saturated carbocycles. The van der Waals surface area contributed by atoms with Crippen LogP contribution in [0.1, 0.15) is 11.1 Å². The third-order valence-electron chi connectivity index (χ3n) is 2.11. The van der Waals surface area contributed by atoms with E-state index in [2.05, 4.69) is 11.1 Å². The van der Waals surface area contributed by atoms with Gasteiger partial charge >= 0.3 is 0 Å². The minimum absolute atomic E-state index is 0.696. The van der Waals surface area contributed by atoms with Crippen LogP contribution in [0.3, 0.4) is 0 Å². The first-order valence-electron chi connectivity index (χ1n) is 4.66. The van der Waals surface area contributed by atoms with Crippen LogP contribution in [0.5, 0.6) is 0 Å². The first-order valence-corrected chi connectivity index (χ1v) is 4.66. The highest BCUT2D eigenvalue weighted by Gasteiger charge is 2.01. The minimum Gasteiger partial charge on any atom is -0.252 e. The van der Waals surface area contributed by atoms with Crippen molar-refractivity contribution in [1.29, 1.82) is 5.26 Å². The van der Waals surface area contributed by atoms with E-state index in [1.165, 1.54) is 0 Å². The summed E-state index contributed by atoms with van der Waals surface area (Å²) in [5.74, 6) is 0. The first kappa shape index (κ1) is 9.35. The summed E-state index contributed by atoms with van der Waals surface area (Å²) < 4.78 is 2.02. The molecule has 0 aliphatic carbocycles. The van der Waals surface area contributed by atoms with Crippen molar-refractivity contribution in [2.45, 2.75) is 6.54 Å². The maximum absolute atomic E-state index is 8.76. The van der Waals surface area contributed by atoms with E-state index in [1.807, 2.05) is 35.2 Å². The largest absolute Gasteiger partial charge is 0.252 e. The molecule has 0 aliphatic rings. The van der Waals surface area contributed by atoms with Crippen molar-refractivity contribution in [2.75, 3.05) is 0 Å². The molecule has 0 bridgehead atoms. The van der Waals surface area contributed by atoms with E-state index < -0.39 is 0 Å². The van der Waals surface area contributed by atoms with Gasteiger partial charge in [0.05, 0.1) is 24.0 Å². The number of hydrogen-bond acceptors (Lipinski definition) is 2. The summed E-state index contributed by atoms with van der Waals surface area (Å²) >= 11 is 0. The van der Waals surface area contributed by atoms with Crippen LogP contribution in [-0.4, -0.2) is 4.98 Å². The van der Waals surface area contributed by atoms with E-state index in [0.717, 1.165) is 12.1 Å². The standard InChI is InChI=1S/C12H10N3/c13-9-11-2-1-3-12(8-11)10-15-6-4-14-5-7-15/h1-8H,10H2/q+1. The van der Waals surface area contributed by atoms with Gasteiger partial charge in [-0.05, 0) is 12.1 Å². The number of hydrogen-bond donors (Lipinski definition) is 0. The van der Waals surface area contributed by atoms with Crippen molar-refractivity contribution in [3.8, 4) is 6.07 Å². The molecule has 0 aliphatic heterocycles. The molecule has 2 rings (SSSR count). The summed E-state index contributed by atoms with van der Waals surface area (Å²) in [6.07, 6.45) is 7.29. The lowest BCUT2D eigenvalue weighted by atomic mass is 10.1. The van der Waals surface area contributed by atoms with Gasteiger partial charge in [-0.2, -0.15) is 9.83 Å². The van der Waals surface area contributed by atoms with E-state index in [1.54, 1.807) is 18.5 Å². The van der Waals surface area contributed by atoms with Gasteiger partial charge < -0.3 is 0 Å². The lowest BCUT2D eigenvalue weighted by molar-refractivity contribution is -0.688. The molecule has 15 heavy (non-hydrogen) atoms. The summed E-state index contributed by atoms with van der Waals surface area (Å²) in [5.41, 5.74) is 1.81. The van der Waals surface area contributed by atoms with Crippen molar-refractivity contribution in [3.05, 3.63) is 60.2 Å². The Kier molecular flexibility index (Phi) is 2.70. The monoisotopic (exact) mass is 196 g/mol. The Hall–Kier alpha value is -2.21. The maximum Gasteiger partial charge on any atom is 0.187 e. The fourth-order valence-electron chi connectivity index (χ4n) is 1.40. The molecule has 3 nitrogen and oxygen atoms in total. The summed E-state index contributed by atoms with van der Waals surface area (Å²) in [5, 5.41) is 8.76. The number of nitrogens with zero attached hydrogens (tertiary/aromatic N) is 3. The molecule has 72 valence electrons. The minimum atomic E-state index is 0.696. The van der Waals surface area contributed by atoms with Crippen LogP contribution in [0.2, 0.25) is 0 Å². The summed E-state index contributed by atoms with van der Waals surface area (Å²) in [7, 11) is 0. The highest BCUT2D eigenvalue weighted by Crippen LogP contribution is 2.03. The Balaban J connectivity index is 2.22. The van der Waals surface area contributed by atoms with Crippen molar-refractivity contribution in [2.24, 2.45) is 0 Å². The number of benzene rings is 1. The van der Waals surface area contributed by atoms with E-state index >= 15 is 0 Å². The highest BCUT2D eigenvalue weighted by molar-refractivity contribution is 5.32. The topological polar surface area (TPSA) is 40.6 Å². The quantitative estimate of drug-likeness (QED) is 0.679. The molecule has 0 radical (unpaired) electrons. The molecule has 2 aromatic rings. The van der Waals surface area contributed by atoms with E-state index in [-0.39, 0.29) is 0 Å². The SMILES string of the molecule is N#Cc1cccc(C[n+]2ccncc2)c1. The molecule has 1 heterocycles. The Morgan fingerprint density at radius 1 is 1.27 bits per heavy atom. The first-order chi connectivity index (χ1) is 7.38. The molecule has 0 amide bonds. The highest BCUT2D eigenvalue weighted by atomic mass is 14.9. The molecule has 0 unspecified atom stereocenters. The van der Waals surface area contributed by atoms with Crippen LogP contribution < -0.4 is 4.57 Å². The van der Waals surface area contributed by atoms with Crippen LogP contribution in [0, 0.1) is 11.3 Å². The molecule has 0 N–H and O–H groups in total. The van der Waals surface area contributed by atoms with Gasteiger partial charge in [0.25, 0.3) is 0 Å². The third-order valence-corrected chi connectivity index (χ3v) is 2.11. The number of nitriles is 1. The number of aromatic nitrogens is 2. The van der Waals surface area contributed by atoms with Crippen molar-refractivity contribution >= 4 is 0 Å². The van der Waals surface area contributed by atoms with Gasteiger partial charge in [-0.15, -0.1) is 0 Å². The normalized spacial score (nSPS) is 9.53. The predicted molar refractivity (Wildman–Crippen MR) is 54.7 cm³/mol. The average Bonchev–Trinajstić information content (AvgIpc) is 2.31. The maximum atomic E-state index is 8.76. The Morgan fingerprint density at radius 2 is 2.07 bits per heavy atom. The van der Waals surface area contributed by atoms with E-state index in [0.29, 0.717) is 5.56 Å². The van der Waals surface area contributed by atoms with Gasteiger partial charge in [-0.3, -0.25) is 4.98 Å². The molecule has 0 atom stereocenters. The zero-order valence-electron chi connectivity index (χ0n) is 8.17. The molecular weight excluding hydrogens is 186 g/mol. The van der Waals surface area contributed by atoms with Crippen LogP contribution in [0.4, 0.5) is 0 Å². The van der Waals surface area contributed by atoms with Crippen LogP contribution in [0.15, 0.2) is 49.1 Å². The van der Waals surface area contributed by atoms with Crippen LogP contribution in [-0.2, 0) is 6.54 Å². The average molecular weight is 196 g/mol. The summed E-state index contributed by atoms with van der Waals surface area (Å²) in [4.78, 5) is 3.95. The van der Waals surface area contributed by atoms with Crippen LogP contribution in [0.25, 0.3) is 0 Å². The summed E-state index contributed by atoms with van der Waals surface area (Å²) in [6, 6.07) is 9.74. The second kappa shape index (κ2) is 4.34. The molecular formula is C12H10N3+. The van der Waals surface area contributed by atoms with Gasteiger partial charge in [0.1, 0.15) is 0 Å². The molecule has 0 saturated heterocycles. The fraction of sp³-hybridized carbons (Fsp3) is 0.0833. The van der Waals surface area contributed by atoms with Gasteiger partial charge in [0, 0.05) is 5.56 Å². The van der Waals surface area contributed by atoms with Gasteiger partial charge in [-0.25, -0.2) is 0 Å². The van der Waals surface area contributed by atoms with Crippen LogP contribution >= 0.6 is 0 Å². The Bertz CT molecular complexity index is 486. The lowest BCUT2D eigenvalue weighted by Gasteiger charge is -1.97. The second-order valence-corrected chi connectivity index (χ2v) is 3.23. The zero-order valence-corrected chi connectivity index (χ0v) is 8.17.